The molecule has 0 aromatic heterocycles. The van der Waals surface area contributed by atoms with Crippen LogP contribution in [0, 0.1) is 12.0 Å². The maximum atomic E-state index is 12.7. The second-order valence-corrected chi connectivity index (χ2v) is 3.61. The SMILES string of the molecule is C=[N+]1[CH-]CC2(CC1)CC2(F)F. The van der Waals surface area contributed by atoms with E-state index >= 15 is 0 Å². The third-order valence-corrected chi connectivity index (χ3v) is 2.83. The fourth-order valence-electron chi connectivity index (χ4n) is 1.73. The molecule has 1 spiro atoms. The zero-order chi connectivity index (χ0) is 8.11. The van der Waals surface area contributed by atoms with Crippen molar-refractivity contribution in [1.29, 1.82) is 0 Å². The van der Waals surface area contributed by atoms with Gasteiger partial charge in [0, 0.05) is 24.8 Å². The number of nitrogens with zero attached hydrogens (tertiary/aromatic N) is 1. The third-order valence-electron chi connectivity index (χ3n) is 2.83. The Morgan fingerprint density at radius 2 is 2.09 bits per heavy atom. The van der Waals surface area contributed by atoms with Gasteiger partial charge in [-0.3, -0.25) is 0 Å². The summed E-state index contributed by atoms with van der Waals surface area (Å²) in [4.78, 5) is 0. The molecule has 2 rings (SSSR count). The van der Waals surface area contributed by atoms with Crippen LogP contribution >= 0.6 is 0 Å². The summed E-state index contributed by atoms with van der Waals surface area (Å²) in [6, 6.07) is 0. The van der Waals surface area contributed by atoms with Gasteiger partial charge < -0.3 is 4.58 Å². The van der Waals surface area contributed by atoms with Crippen LogP contribution in [0.1, 0.15) is 19.3 Å². The third kappa shape index (κ3) is 0.865. The largest absolute Gasteiger partial charge is 0.372 e. The Morgan fingerprint density at radius 3 is 2.45 bits per heavy atom. The molecule has 0 bridgehead atoms. The molecule has 1 atom stereocenters. The average molecular weight is 159 g/mol. The van der Waals surface area contributed by atoms with Gasteiger partial charge >= 0.3 is 0 Å². The number of hydrogen-bond donors (Lipinski definition) is 0. The van der Waals surface area contributed by atoms with Crippen LogP contribution in [0.5, 0.6) is 0 Å². The predicted octanol–water partition coefficient (Wildman–Crippen LogP) is 1.68. The smallest absolute Gasteiger partial charge is 0.253 e. The number of hydrogen-bond acceptors (Lipinski definition) is 0. The van der Waals surface area contributed by atoms with Gasteiger partial charge in [-0.15, -0.1) is 0 Å². The highest BCUT2D eigenvalue weighted by atomic mass is 19.3. The molecule has 3 heteroatoms. The van der Waals surface area contributed by atoms with Gasteiger partial charge in [0.05, 0.1) is 0 Å². The standard InChI is InChI=1S/C8H11F2N/c1-11-4-2-7(3-5-11)6-8(7,9)10/h4H,1-3,5-6H2. The zero-order valence-electron chi connectivity index (χ0n) is 6.32. The van der Waals surface area contributed by atoms with Crippen LogP contribution in [-0.4, -0.2) is 23.8 Å². The molecule has 0 aromatic rings. The second kappa shape index (κ2) is 1.76. The maximum Gasteiger partial charge on any atom is 0.253 e. The van der Waals surface area contributed by atoms with Crippen LogP contribution in [0.3, 0.4) is 0 Å². The molecule has 0 radical (unpaired) electrons. The van der Waals surface area contributed by atoms with E-state index in [9.17, 15) is 8.78 Å². The zero-order valence-corrected chi connectivity index (χ0v) is 6.32. The Kier molecular flexibility index (Phi) is 1.13. The fraction of sp³-hybridized carbons (Fsp3) is 0.750. The fourth-order valence-corrected chi connectivity index (χ4v) is 1.73. The molecule has 1 unspecified atom stereocenters. The topological polar surface area (TPSA) is 3.01 Å². The summed E-state index contributed by atoms with van der Waals surface area (Å²) in [7, 11) is 0. The van der Waals surface area contributed by atoms with Crippen LogP contribution in [0.15, 0.2) is 0 Å². The van der Waals surface area contributed by atoms with Gasteiger partial charge in [0.2, 0.25) is 0 Å². The molecule has 1 saturated carbocycles. The number of rotatable bonds is 0. The van der Waals surface area contributed by atoms with E-state index in [1.807, 2.05) is 0 Å². The first-order valence-corrected chi connectivity index (χ1v) is 3.84. The summed E-state index contributed by atoms with van der Waals surface area (Å²) in [6.45, 7) is 6.13. The lowest BCUT2D eigenvalue weighted by molar-refractivity contribution is -0.495. The summed E-state index contributed by atoms with van der Waals surface area (Å²) in [5.74, 6) is -2.38. The van der Waals surface area contributed by atoms with Crippen LogP contribution in [-0.2, 0) is 0 Å². The molecule has 1 aliphatic carbocycles. The number of alkyl halides is 2. The molecule has 2 fully saturated rings. The van der Waals surface area contributed by atoms with Crippen LogP contribution in [0.4, 0.5) is 8.78 Å². The van der Waals surface area contributed by atoms with Gasteiger partial charge in [0.25, 0.3) is 5.92 Å². The lowest BCUT2D eigenvalue weighted by Gasteiger charge is -2.24. The number of halogens is 2. The van der Waals surface area contributed by atoms with Crippen molar-refractivity contribution in [1.82, 2.24) is 0 Å². The van der Waals surface area contributed by atoms with Crippen molar-refractivity contribution in [2.24, 2.45) is 5.41 Å². The molecule has 1 aliphatic heterocycles. The van der Waals surface area contributed by atoms with E-state index in [0.717, 1.165) is 0 Å². The Morgan fingerprint density at radius 1 is 1.45 bits per heavy atom. The van der Waals surface area contributed by atoms with E-state index in [2.05, 4.69) is 6.72 Å². The lowest BCUT2D eigenvalue weighted by atomic mass is 9.94. The summed E-state index contributed by atoms with van der Waals surface area (Å²) < 4.78 is 27.2. The highest BCUT2D eigenvalue weighted by Crippen LogP contribution is 2.66. The summed E-state index contributed by atoms with van der Waals surface area (Å²) in [5.41, 5.74) is -0.665. The van der Waals surface area contributed by atoms with Crippen molar-refractivity contribution in [2.75, 3.05) is 6.54 Å². The Labute approximate surface area is 64.7 Å². The van der Waals surface area contributed by atoms with Crippen molar-refractivity contribution >= 4 is 6.72 Å². The first-order chi connectivity index (χ1) is 5.06. The molecular weight excluding hydrogens is 148 g/mol. The van der Waals surface area contributed by atoms with Gasteiger partial charge in [0.15, 0.2) is 0 Å². The minimum absolute atomic E-state index is 0.0876. The monoisotopic (exact) mass is 159 g/mol. The Hall–Kier alpha value is -0.600. The van der Waals surface area contributed by atoms with Crippen LogP contribution in [0.2, 0.25) is 0 Å². The molecule has 11 heavy (non-hydrogen) atoms. The first kappa shape index (κ1) is 7.07. The molecular formula is C8H11F2N. The van der Waals surface area contributed by atoms with E-state index < -0.39 is 11.3 Å². The molecule has 1 nitrogen and oxygen atoms in total. The quantitative estimate of drug-likeness (QED) is 0.373. The van der Waals surface area contributed by atoms with Gasteiger partial charge in [-0.05, 0) is 13.1 Å². The first-order valence-electron chi connectivity index (χ1n) is 3.84. The van der Waals surface area contributed by atoms with E-state index in [4.69, 9.17) is 0 Å². The van der Waals surface area contributed by atoms with Gasteiger partial charge in [-0.25, -0.2) is 8.78 Å². The summed E-state index contributed by atoms with van der Waals surface area (Å²) in [6.07, 6.45) is 1.19. The predicted molar refractivity (Wildman–Crippen MR) is 37.8 cm³/mol. The second-order valence-electron chi connectivity index (χ2n) is 3.61. The van der Waals surface area contributed by atoms with E-state index in [1.165, 1.54) is 0 Å². The van der Waals surface area contributed by atoms with Gasteiger partial charge in [-0.2, -0.15) is 0 Å². The van der Waals surface area contributed by atoms with Crippen molar-refractivity contribution in [3.63, 3.8) is 0 Å². The van der Waals surface area contributed by atoms with Crippen molar-refractivity contribution < 1.29 is 13.4 Å². The van der Waals surface area contributed by atoms with Crippen molar-refractivity contribution in [3.05, 3.63) is 6.54 Å². The minimum Gasteiger partial charge on any atom is -0.372 e. The molecule has 1 saturated heterocycles. The molecule has 0 amide bonds. The molecule has 62 valence electrons. The maximum absolute atomic E-state index is 12.7. The molecule has 0 aromatic carbocycles. The Balaban J connectivity index is 2.05. The van der Waals surface area contributed by atoms with Crippen molar-refractivity contribution in [2.45, 2.75) is 25.2 Å². The highest BCUT2D eigenvalue weighted by molar-refractivity contribution is 5.18. The van der Waals surface area contributed by atoms with Gasteiger partial charge in [0.1, 0.15) is 6.54 Å². The minimum atomic E-state index is -2.38. The normalized spacial score (nSPS) is 40.4. The van der Waals surface area contributed by atoms with E-state index in [-0.39, 0.29) is 6.42 Å². The Bertz CT molecular complexity index is 200. The molecule has 1 heterocycles. The summed E-state index contributed by atoms with van der Waals surface area (Å²) in [5, 5.41) is 0. The lowest BCUT2D eigenvalue weighted by Crippen LogP contribution is -2.25. The molecule has 2 aliphatic rings. The number of piperidine rings is 1. The van der Waals surface area contributed by atoms with Crippen molar-refractivity contribution in [3.8, 4) is 0 Å². The summed E-state index contributed by atoms with van der Waals surface area (Å²) >= 11 is 0. The average Bonchev–Trinajstić information content (AvgIpc) is 2.44. The molecule has 0 N–H and O–H groups in total. The van der Waals surface area contributed by atoms with E-state index in [0.29, 0.717) is 19.4 Å². The van der Waals surface area contributed by atoms with E-state index in [1.54, 1.807) is 11.1 Å². The highest BCUT2D eigenvalue weighted by Gasteiger charge is 2.70. The van der Waals surface area contributed by atoms with Crippen LogP contribution < -0.4 is 0 Å². The van der Waals surface area contributed by atoms with Gasteiger partial charge in [-0.1, -0.05) is 0 Å². The van der Waals surface area contributed by atoms with Crippen LogP contribution in [0.25, 0.3) is 0 Å².